The summed E-state index contributed by atoms with van der Waals surface area (Å²) in [6, 6.07) is 15.2. The van der Waals surface area contributed by atoms with Crippen LogP contribution in [0.4, 0.5) is 0 Å². The molecule has 6 heteroatoms. The predicted octanol–water partition coefficient (Wildman–Crippen LogP) is 7.18. The minimum Gasteiger partial charge on any atom is -0.543 e. The number of hydrogen-bond acceptors (Lipinski definition) is 3. The molecule has 150 valence electrons. The predicted molar refractivity (Wildman–Crippen MR) is 132 cm³/mol. The Balaban J connectivity index is 1.92. The van der Waals surface area contributed by atoms with Crippen LogP contribution in [0.15, 0.2) is 47.4 Å². The number of nitrogens with zero attached hydrogens (tertiary/aromatic N) is 2. The van der Waals surface area contributed by atoms with Gasteiger partial charge >= 0.3 is 0 Å². The summed E-state index contributed by atoms with van der Waals surface area (Å²) in [5.74, 6) is 1.92. The summed E-state index contributed by atoms with van der Waals surface area (Å²) in [5.41, 5.74) is 2.39. The zero-order chi connectivity index (χ0) is 20.5. The minimum absolute atomic E-state index is 0.168. The van der Waals surface area contributed by atoms with Gasteiger partial charge in [0.2, 0.25) is 0 Å². The molecule has 1 aromatic heterocycles. The molecule has 2 aromatic carbocycles. The standard InChI is InChI=1S/C22H29IN2OSSi/c1-22(2,3)28(5,6)26-21-13-19(11-16-9-7-8-10-20(16)21)27-15-18-12-17(14-23)24-25(18)4/h7-13H,14-15H2,1-6H3. The van der Waals surface area contributed by atoms with Crippen molar-refractivity contribution >= 4 is 53.4 Å². The van der Waals surface area contributed by atoms with E-state index < -0.39 is 8.32 Å². The molecule has 1 heterocycles. The molecule has 28 heavy (non-hydrogen) atoms. The second kappa shape index (κ2) is 8.40. The number of halogens is 1. The fourth-order valence-corrected chi connectivity index (χ4v) is 5.16. The van der Waals surface area contributed by atoms with Crippen LogP contribution in [0.25, 0.3) is 10.8 Å². The van der Waals surface area contributed by atoms with Crippen LogP contribution in [0.1, 0.15) is 32.2 Å². The number of alkyl halides is 1. The second-order valence-corrected chi connectivity index (χ2v) is 15.2. The monoisotopic (exact) mass is 524 g/mol. The van der Waals surface area contributed by atoms with E-state index in [1.807, 2.05) is 23.5 Å². The average Bonchev–Trinajstić information content (AvgIpc) is 2.99. The topological polar surface area (TPSA) is 27.1 Å². The first-order chi connectivity index (χ1) is 13.1. The van der Waals surface area contributed by atoms with Crippen molar-refractivity contribution in [2.75, 3.05) is 0 Å². The van der Waals surface area contributed by atoms with Gasteiger partial charge in [0.15, 0.2) is 0 Å². The van der Waals surface area contributed by atoms with Crippen LogP contribution in [-0.4, -0.2) is 18.1 Å². The lowest BCUT2D eigenvalue weighted by Crippen LogP contribution is -2.43. The van der Waals surface area contributed by atoms with E-state index in [9.17, 15) is 0 Å². The smallest absolute Gasteiger partial charge is 0.250 e. The summed E-state index contributed by atoms with van der Waals surface area (Å²) in [6.07, 6.45) is 0. The van der Waals surface area contributed by atoms with Crippen molar-refractivity contribution in [3.05, 3.63) is 53.9 Å². The molecular formula is C22H29IN2OSSi. The lowest BCUT2D eigenvalue weighted by molar-refractivity contribution is 0.495. The largest absolute Gasteiger partial charge is 0.543 e. The number of aryl methyl sites for hydroxylation is 1. The van der Waals surface area contributed by atoms with Gasteiger partial charge in [0.25, 0.3) is 8.32 Å². The minimum atomic E-state index is -1.91. The maximum atomic E-state index is 6.72. The van der Waals surface area contributed by atoms with Crippen LogP contribution in [0.3, 0.4) is 0 Å². The van der Waals surface area contributed by atoms with Gasteiger partial charge in [-0.15, -0.1) is 11.8 Å². The summed E-state index contributed by atoms with van der Waals surface area (Å²) >= 11 is 4.21. The SMILES string of the molecule is Cn1nc(CI)cc1CSc1cc(O[Si](C)(C)C(C)(C)C)c2ccccc2c1. The van der Waals surface area contributed by atoms with Crippen molar-refractivity contribution < 1.29 is 4.43 Å². The first-order valence-electron chi connectivity index (χ1n) is 9.53. The Labute approximate surface area is 187 Å². The van der Waals surface area contributed by atoms with Crippen molar-refractivity contribution in [1.29, 1.82) is 0 Å². The molecule has 0 bridgehead atoms. The third kappa shape index (κ3) is 4.76. The van der Waals surface area contributed by atoms with E-state index in [2.05, 4.69) is 104 Å². The first-order valence-corrected chi connectivity index (χ1v) is 14.9. The molecule has 0 aliphatic rings. The Kier molecular flexibility index (Phi) is 6.51. The second-order valence-electron chi connectivity index (χ2n) is 8.68. The molecule has 0 saturated heterocycles. The molecule has 0 atom stereocenters. The Morgan fingerprint density at radius 3 is 2.50 bits per heavy atom. The highest BCUT2D eigenvalue weighted by Crippen LogP contribution is 2.41. The number of hydrogen-bond donors (Lipinski definition) is 0. The number of thioether (sulfide) groups is 1. The van der Waals surface area contributed by atoms with Crippen molar-refractivity contribution in [1.82, 2.24) is 9.78 Å². The molecule has 0 aliphatic carbocycles. The van der Waals surface area contributed by atoms with E-state index in [0.717, 1.165) is 21.6 Å². The molecule has 0 saturated carbocycles. The van der Waals surface area contributed by atoms with Crippen LogP contribution in [0, 0.1) is 0 Å². The van der Waals surface area contributed by atoms with Gasteiger partial charge in [0, 0.05) is 33.2 Å². The van der Waals surface area contributed by atoms with E-state index in [0.29, 0.717) is 0 Å². The number of benzene rings is 2. The zero-order valence-electron chi connectivity index (χ0n) is 17.5. The van der Waals surface area contributed by atoms with E-state index >= 15 is 0 Å². The fraction of sp³-hybridized carbons (Fsp3) is 0.409. The lowest BCUT2D eigenvalue weighted by Gasteiger charge is -2.37. The number of aromatic nitrogens is 2. The summed E-state index contributed by atoms with van der Waals surface area (Å²) in [4.78, 5) is 1.24. The average molecular weight is 525 g/mol. The van der Waals surface area contributed by atoms with Gasteiger partial charge in [0.1, 0.15) is 5.75 Å². The summed E-state index contributed by atoms with van der Waals surface area (Å²) in [6.45, 7) is 11.5. The maximum Gasteiger partial charge on any atom is 0.250 e. The lowest BCUT2D eigenvalue weighted by atomic mass is 10.1. The van der Waals surface area contributed by atoms with Crippen LogP contribution < -0.4 is 4.43 Å². The van der Waals surface area contributed by atoms with Crippen LogP contribution in [-0.2, 0) is 17.2 Å². The molecule has 0 amide bonds. The van der Waals surface area contributed by atoms with Gasteiger partial charge in [-0.1, -0.05) is 67.6 Å². The summed E-state index contributed by atoms with van der Waals surface area (Å²) in [7, 11) is 0.118. The fourth-order valence-electron chi connectivity index (χ4n) is 2.77. The zero-order valence-corrected chi connectivity index (χ0v) is 21.5. The number of fused-ring (bicyclic) bond motifs is 1. The Hall–Kier alpha value is -0.993. The first kappa shape index (κ1) is 21.7. The van der Waals surface area contributed by atoms with Crippen molar-refractivity contribution in [2.45, 2.75) is 54.0 Å². The Morgan fingerprint density at radius 1 is 1.14 bits per heavy atom. The molecular weight excluding hydrogens is 495 g/mol. The van der Waals surface area contributed by atoms with Crippen LogP contribution >= 0.6 is 34.4 Å². The van der Waals surface area contributed by atoms with Gasteiger partial charge in [-0.25, -0.2) is 0 Å². The third-order valence-electron chi connectivity index (χ3n) is 5.52. The quantitative estimate of drug-likeness (QED) is 0.148. The molecule has 0 fully saturated rings. The molecule has 0 spiro atoms. The molecule has 0 radical (unpaired) electrons. The summed E-state index contributed by atoms with van der Waals surface area (Å²) in [5, 5.41) is 7.16. The normalized spacial score (nSPS) is 12.5. The van der Waals surface area contributed by atoms with Gasteiger partial charge < -0.3 is 4.43 Å². The van der Waals surface area contributed by atoms with E-state index in [1.54, 1.807) is 0 Å². The molecule has 3 nitrogen and oxygen atoms in total. The van der Waals surface area contributed by atoms with E-state index in [-0.39, 0.29) is 5.04 Å². The molecule has 3 aromatic rings. The molecule has 0 N–H and O–H groups in total. The Bertz CT molecular complexity index is 978. The van der Waals surface area contributed by atoms with Gasteiger partial charge in [0.05, 0.1) is 5.69 Å². The van der Waals surface area contributed by atoms with E-state index in [4.69, 9.17) is 4.43 Å². The third-order valence-corrected chi connectivity index (χ3v) is 11.7. The Morgan fingerprint density at radius 2 is 1.86 bits per heavy atom. The highest BCUT2D eigenvalue weighted by atomic mass is 127. The number of rotatable bonds is 6. The molecule has 3 rings (SSSR count). The van der Waals surface area contributed by atoms with Crippen molar-refractivity contribution in [3.63, 3.8) is 0 Å². The molecule has 0 unspecified atom stereocenters. The van der Waals surface area contributed by atoms with Crippen LogP contribution in [0.5, 0.6) is 5.75 Å². The summed E-state index contributed by atoms with van der Waals surface area (Å²) < 4.78 is 9.66. The van der Waals surface area contributed by atoms with Gasteiger partial charge in [-0.3, -0.25) is 4.68 Å². The van der Waals surface area contributed by atoms with Gasteiger partial charge in [-0.05, 0) is 41.7 Å². The van der Waals surface area contributed by atoms with E-state index in [1.165, 1.54) is 21.4 Å². The highest BCUT2D eigenvalue weighted by molar-refractivity contribution is 14.1. The van der Waals surface area contributed by atoms with Crippen LogP contribution in [0.2, 0.25) is 18.1 Å². The molecule has 0 aliphatic heterocycles. The van der Waals surface area contributed by atoms with Gasteiger partial charge in [-0.2, -0.15) is 5.10 Å². The van der Waals surface area contributed by atoms with Crippen molar-refractivity contribution in [2.24, 2.45) is 7.05 Å². The maximum absolute atomic E-state index is 6.72. The van der Waals surface area contributed by atoms with Crippen molar-refractivity contribution in [3.8, 4) is 5.75 Å². The highest BCUT2D eigenvalue weighted by Gasteiger charge is 2.39.